The highest BCUT2D eigenvalue weighted by molar-refractivity contribution is 5.85. The van der Waals surface area contributed by atoms with Crippen molar-refractivity contribution < 1.29 is 33.6 Å². The van der Waals surface area contributed by atoms with E-state index in [2.05, 4.69) is 0 Å². The van der Waals surface area contributed by atoms with Gasteiger partial charge in [0.25, 0.3) is 0 Å². The molecule has 0 aromatic heterocycles. The number of rotatable bonds is 3. The van der Waals surface area contributed by atoms with Gasteiger partial charge in [0.15, 0.2) is 11.5 Å². The number of Topliss-reactive ketones (excluding diaryl/α,β-unsaturated/α-hetero) is 1. The van der Waals surface area contributed by atoms with Gasteiger partial charge in [-0.15, -0.1) is 0 Å². The number of hydrogen-bond donors (Lipinski definition) is 1. The maximum atomic E-state index is 13.0. The summed E-state index contributed by atoms with van der Waals surface area (Å²) in [6.07, 6.45) is 1.37. The number of fused-ring (bicyclic) bond motifs is 3. The van der Waals surface area contributed by atoms with Crippen LogP contribution in [-0.4, -0.2) is 37.7 Å². The predicted octanol–water partition coefficient (Wildman–Crippen LogP) is 3.01. The first-order valence-electron chi connectivity index (χ1n) is 9.63. The molecule has 2 aliphatic heterocycles. The molecule has 1 aliphatic carbocycles. The smallest absolute Gasteiger partial charge is 0.231 e. The zero-order valence-corrected chi connectivity index (χ0v) is 16.3. The van der Waals surface area contributed by atoms with Crippen molar-refractivity contribution in [3.63, 3.8) is 0 Å². The third-order valence-corrected chi connectivity index (χ3v) is 6.03. The quantitative estimate of drug-likeness (QED) is 0.851. The summed E-state index contributed by atoms with van der Waals surface area (Å²) < 4.78 is 28.0. The van der Waals surface area contributed by atoms with Gasteiger partial charge in [-0.3, -0.25) is 4.79 Å². The highest BCUT2D eigenvalue weighted by Crippen LogP contribution is 2.55. The van der Waals surface area contributed by atoms with E-state index in [0.717, 1.165) is 11.1 Å². The molecule has 1 N–H and O–H groups in total. The van der Waals surface area contributed by atoms with Crippen molar-refractivity contribution in [2.24, 2.45) is 5.92 Å². The van der Waals surface area contributed by atoms with Gasteiger partial charge in [-0.2, -0.15) is 0 Å². The third kappa shape index (κ3) is 2.72. The Labute approximate surface area is 168 Å². The molecule has 7 heteroatoms. The Morgan fingerprint density at radius 2 is 1.83 bits per heavy atom. The summed E-state index contributed by atoms with van der Waals surface area (Å²) >= 11 is 0. The first-order valence-corrected chi connectivity index (χ1v) is 9.63. The van der Waals surface area contributed by atoms with Crippen LogP contribution in [0, 0.1) is 5.92 Å². The van der Waals surface area contributed by atoms with E-state index >= 15 is 0 Å². The molecule has 3 atom stereocenters. The number of ketones is 1. The molecule has 0 spiro atoms. The van der Waals surface area contributed by atoms with Gasteiger partial charge in [0.2, 0.25) is 12.6 Å². The van der Waals surface area contributed by atoms with E-state index in [-0.39, 0.29) is 12.6 Å². The second kappa shape index (κ2) is 6.56. The van der Waals surface area contributed by atoms with Crippen LogP contribution in [0.3, 0.4) is 0 Å². The van der Waals surface area contributed by atoms with Crippen molar-refractivity contribution in [1.29, 1.82) is 0 Å². The summed E-state index contributed by atoms with van der Waals surface area (Å²) in [6.45, 7) is 0.126. The first kappa shape index (κ1) is 18.1. The van der Waals surface area contributed by atoms with E-state index in [0.29, 0.717) is 48.0 Å². The number of aliphatic hydroxyl groups is 1. The van der Waals surface area contributed by atoms with E-state index < -0.39 is 17.6 Å². The van der Waals surface area contributed by atoms with Crippen LogP contribution < -0.4 is 23.7 Å². The van der Waals surface area contributed by atoms with Gasteiger partial charge in [-0.25, -0.2) is 0 Å². The normalized spacial score (nSPS) is 26.9. The molecule has 3 aliphatic rings. The van der Waals surface area contributed by atoms with Crippen LogP contribution in [0.5, 0.6) is 28.7 Å². The summed E-state index contributed by atoms with van der Waals surface area (Å²) in [6, 6.07) is 9.06. The summed E-state index contributed by atoms with van der Waals surface area (Å²) in [5.74, 6) is 0.0844. The molecule has 0 saturated heterocycles. The maximum Gasteiger partial charge on any atom is 0.231 e. The van der Waals surface area contributed by atoms with Gasteiger partial charge in [-0.05, 0) is 18.6 Å². The van der Waals surface area contributed by atoms with Crippen LogP contribution in [0.1, 0.15) is 36.3 Å². The standard InChI is InChI=1S/C22H22O7/c1-25-12-5-6-13(16(8-12)26-2)20-14-9-18-19(28-11-27-18)10-17(14)29-22(24)7-3-4-15(23)21(20)22/h5-6,8-10,20-21,24H,3-4,7,11H2,1-2H3/t20-,21-,22+/m1/s1. The molecule has 0 amide bonds. The average molecular weight is 398 g/mol. The largest absolute Gasteiger partial charge is 0.497 e. The van der Waals surface area contributed by atoms with Gasteiger partial charge in [0.05, 0.1) is 20.1 Å². The molecule has 152 valence electrons. The highest BCUT2D eigenvalue weighted by Gasteiger charge is 2.55. The maximum absolute atomic E-state index is 13.0. The number of carbonyl (C=O) groups is 1. The molecule has 0 unspecified atom stereocenters. The molecule has 7 nitrogen and oxygen atoms in total. The summed E-state index contributed by atoms with van der Waals surface area (Å²) in [7, 11) is 3.16. The molecule has 0 bridgehead atoms. The lowest BCUT2D eigenvalue weighted by molar-refractivity contribution is -0.206. The van der Waals surface area contributed by atoms with E-state index in [1.807, 2.05) is 18.2 Å². The van der Waals surface area contributed by atoms with Gasteiger partial charge in [0.1, 0.15) is 23.0 Å². The minimum absolute atomic E-state index is 0.0232. The molecule has 1 saturated carbocycles. The topological polar surface area (TPSA) is 83.5 Å². The first-order chi connectivity index (χ1) is 14.0. The highest BCUT2D eigenvalue weighted by atomic mass is 16.7. The van der Waals surface area contributed by atoms with Gasteiger partial charge >= 0.3 is 0 Å². The lowest BCUT2D eigenvalue weighted by Crippen LogP contribution is -2.55. The Hall–Kier alpha value is -2.93. The minimum atomic E-state index is -1.58. The zero-order valence-electron chi connectivity index (χ0n) is 16.3. The van der Waals surface area contributed by atoms with Crippen LogP contribution in [0.4, 0.5) is 0 Å². The molecule has 2 aromatic rings. The number of hydrogen-bond acceptors (Lipinski definition) is 7. The van der Waals surface area contributed by atoms with Crippen LogP contribution in [0.15, 0.2) is 30.3 Å². The molecule has 2 heterocycles. The third-order valence-electron chi connectivity index (χ3n) is 6.03. The number of carbonyl (C=O) groups excluding carboxylic acids is 1. The zero-order chi connectivity index (χ0) is 20.2. The predicted molar refractivity (Wildman–Crippen MR) is 102 cm³/mol. The Morgan fingerprint density at radius 1 is 1.03 bits per heavy atom. The summed E-state index contributed by atoms with van der Waals surface area (Å²) in [5.41, 5.74) is 1.55. The van der Waals surface area contributed by atoms with Crippen LogP contribution in [0.25, 0.3) is 0 Å². The van der Waals surface area contributed by atoms with Crippen molar-refractivity contribution >= 4 is 5.78 Å². The summed E-state index contributed by atoms with van der Waals surface area (Å²) in [5, 5.41) is 11.4. The van der Waals surface area contributed by atoms with E-state index in [1.165, 1.54) is 0 Å². The molecule has 2 aromatic carbocycles. The lowest BCUT2D eigenvalue weighted by Gasteiger charge is -2.47. The molecule has 29 heavy (non-hydrogen) atoms. The van der Waals surface area contributed by atoms with Crippen molar-refractivity contribution in [3.8, 4) is 28.7 Å². The Kier molecular flexibility index (Phi) is 4.10. The minimum Gasteiger partial charge on any atom is -0.497 e. The van der Waals surface area contributed by atoms with Crippen LogP contribution in [0.2, 0.25) is 0 Å². The van der Waals surface area contributed by atoms with E-state index in [4.69, 9.17) is 23.7 Å². The SMILES string of the molecule is COc1ccc([C@@H]2c3cc4c(cc3O[C@@]3(O)CCCC(=O)[C@H]23)OCO4)c(OC)c1. The fourth-order valence-electron chi connectivity index (χ4n) is 4.70. The van der Waals surface area contributed by atoms with Gasteiger partial charge in [0, 0.05) is 42.0 Å². The number of ether oxygens (including phenoxy) is 5. The Bertz CT molecular complexity index is 985. The monoisotopic (exact) mass is 398 g/mol. The molecular weight excluding hydrogens is 376 g/mol. The van der Waals surface area contributed by atoms with Crippen LogP contribution in [-0.2, 0) is 4.79 Å². The van der Waals surface area contributed by atoms with E-state index in [9.17, 15) is 9.90 Å². The lowest BCUT2D eigenvalue weighted by atomic mass is 9.67. The number of benzene rings is 2. The van der Waals surface area contributed by atoms with Crippen molar-refractivity contribution in [2.75, 3.05) is 21.0 Å². The van der Waals surface area contributed by atoms with Crippen molar-refractivity contribution in [3.05, 3.63) is 41.5 Å². The second-order valence-electron chi connectivity index (χ2n) is 7.57. The van der Waals surface area contributed by atoms with E-state index in [1.54, 1.807) is 26.4 Å². The molecule has 0 radical (unpaired) electrons. The molecule has 5 rings (SSSR count). The fourth-order valence-corrected chi connectivity index (χ4v) is 4.70. The second-order valence-corrected chi connectivity index (χ2v) is 7.57. The summed E-state index contributed by atoms with van der Waals surface area (Å²) in [4.78, 5) is 13.0. The van der Waals surface area contributed by atoms with Crippen LogP contribution >= 0.6 is 0 Å². The Morgan fingerprint density at radius 3 is 2.59 bits per heavy atom. The van der Waals surface area contributed by atoms with Crippen molar-refractivity contribution in [1.82, 2.24) is 0 Å². The Balaban J connectivity index is 1.74. The van der Waals surface area contributed by atoms with Gasteiger partial charge < -0.3 is 28.8 Å². The molecular formula is C22H22O7. The fraction of sp³-hybridized carbons (Fsp3) is 0.409. The van der Waals surface area contributed by atoms with Crippen molar-refractivity contribution in [2.45, 2.75) is 31.0 Å². The average Bonchev–Trinajstić information content (AvgIpc) is 3.17. The number of methoxy groups -OCH3 is 2. The van der Waals surface area contributed by atoms with Gasteiger partial charge in [-0.1, -0.05) is 6.07 Å². The molecule has 1 fully saturated rings.